The van der Waals surface area contributed by atoms with Crippen LogP contribution in [-0.2, 0) is 15.6 Å². The lowest BCUT2D eigenvalue weighted by atomic mass is 10.2. The molecule has 1 aromatic heterocycles. The van der Waals surface area contributed by atoms with Gasteiger partial charge in [0.2, 0.25) is 0 Å². The number of hydrogen-bond acceptors (Lipinski definition) is 4. The van der Waals surface area contributed by atoms with Crippen molar-refractivity contribution in [2.24, 2.45) is 0 Å². The van der Waals surface area contributed by atoms with E-state index < -0.39 is 9.84 Å². The Bertz CT molecular complexity index is 714. The molecule has 0 aliphatic heterocycles. The summed E-state index contributed by atoms with van der Waals surface area (Å²) in [5.74, 6) is -0.192. The summed E-state index contributed by atoms with van der Waals surface area (Å²) in [6.45, 7) is 1.77. The van der Waals surface area contributed by atoms with Gasteiger partial charge in [-0.25, -0.2) is 8.42 Å². The number of pyridine rings is 1. The summed E-state index contributed by atoms with van der Waals surface area (Å²) in [4.78, 5) is 3.97. The number of rotatable bonds is 3. The third-order valence-corrected chi connectivity index (χ3v) is 4.88. The van der Waals surface area contributed by atoms with Crippen LogP contribution in [0.4, 0.5) is 5.69 Å². The molecule has 4 nitrogen and oxygen atoms in total. The van der Waals surface area contributed by atoms with E-state index in [9.17, 15) is 8.42 Å². The van der Waals surface area contributed by atoms with Crippen molar-refractivity contribution in [1.29, 1.82) is 0 Å². The highest BCUT2D eigenvalue weighted by molar-refractivity contribution is 7.90. The third-order valence-electron chi connectivity index (χ3n) is 2.82. The highest BCUT2D eigenvalue weighted by Crippen LogP contribution is 2.26. The summed E-state index contributed by atoms with van der Waals surface area (Å²) in [6, 6.07) is 6.54. The van der Waals surface area contributed by atoms with E-state index in [1.807, 2.05) is 0 Å². The van der Waals surface area contributed by atoms with E-state index in [4.69, 9.17) is 17.3 Å². The molecule has 0 bridgehead atoms. The zero-order chi connectivity index (χ0) is 14.0. The number of nitrogens with zero attached hydrogens (tertiary/aromatic N) is 1. The molecule has 0 spiro atoms. The molecule has 2 N–H and O–H groups in total. The lowest BCUT2D eigenvalue weighted by Gasteiger charge is -2.10. The van der Waals surface area contributed by atoms with Crippen LogP contribution in [0.3, 0.4) is 0 Å². The maximum atomic E-state index is 12.4. The first-order valence-electron chi connectivity index (χ1n) is 5.58. The topological polar surface area (TPSA) is 73.0 Å². The van der Waals surface area contributed by atoms with Gasteiger partial charge < -0.3 is 5.73 Å². The normalized spacial score (nSPS) is 11.5. The Labute approximate surface area is 117 Å². The lowest BCUT2D eigenvalue weighted by Crippen LogP contribution is -2.09. The van der Waals surface area contributed by atoms with Crippen LogP contribution in [-0.4, -0.2) is 13.4 Å². The van der Waals surface area contributed by atoms with Crippen LogP contribution >= 0.6 is 11.6 Å². The van der Waals surface area contributed by atoms with Crippen LogP contribution in [0.2, 0.25) is 5.02 Å². The Kier molecular flexibility index (Phi) is 3.78. The molecular formula is C13H13ClN2O2S. The molecule has 6 heteroatoms. The van der Waals surface area contributed by atoms with Crippen LogP contribution in [0, 0.1) is 6.92 Å². The number of halogens is 1. The van der Waals surface area contributed by atoms with Crippen molar-refractivity contribution < 1.29 is 8.42 Å². The van der Waals surface area contributed by atoms with E-state index in [-0.39, 0.29) is 16.3 Å². The van der Waals surface area contributed by atoms with Crippen LogP contribution in [0.5, 0.6) is 0 Å². The molecule has 0 atom stereocenters. The number of sulfone groups is 1. The Hall–Kier alpha value is -1.59. The Morgan fingerprint density at radius 1 is 1.32 bits per heavy atom. The summed E-state index contributed by atoms with van der Waals surface area (Å²) < 4.78 is 24.7. The molecule has 2 aromatic rings. The van der Waals surface area contributed by atoms with Gasteiger partial charge in [0.25, 0.3) is 0 Å². The molecular weight excluding hydrogens is 284 g/mol. The van der Waals surface area contributed by atoms with Crippen molar-refractivity contribution in [3.05, 3.63) is 52.8 Å². The van der Waals surface area contributed by atoms with Gasteiger partial charge in [-0.1, -0.05) is 23.7 Å². The van der Waals surface area contributed by atoms with E-state index in [1.165, 1.54) is 18.5 Å². The van der Waals surface area contributed by atoms with Gasteiger partial charge in [-0.3, -0.25) is 4.98 Å². The Morgan fingerprint density at radius 2 is 2.05 bits per heavy atom. The quantitative estimate of drug-likeness (QED) is 0.884. The summed E-state index contributed by atoms with van der Waals surface area (Å²) >= 11 is 5.93. The monoisotopic (exact) mass is 296 g/mol. The second kappa shape index (κ2) is 5.19. The fraction of sp³-hybridized carbons (Fsp3) is 0.154. The standard InChI is InChI=1S/C13H13ClN2O2S/c1-9-3-2-4-12(13(9)15)19(17,18)8-10-5-6-16-7-11(10)14/h2-7H,8,15H2,1H3. The minimum atomic E-state index is -3.53. The maximum Gasteiger partial charge on any atom is 0.184 e. The van der Waals surface area contributed by atoms with Crippen molar-refractivity contribution in [2.75, 3.05) is 5.73 Å². The van der Waals surface area contributed by atoms with Gasteiger partial charge in [-0.15, -0.1) is 0 Å². The minimum absolute atomic E-state index is 0.139. The highest BCUT2D eigenvalue weighted by atomic mass is 35.5. The van der Waals surface area contributed by atoms with Gasteiger partial charge in [0, 0.05) is 12.4 Å². The average molecular weight is 297 g/mol. The molecule has 0 saturated carbocycles. The van der Waals surface area contributed by atoms with Gasteiger partial charge in [-0.05, 0) is 30.2 Å². The molecule has 1 heterocycles. The second-order valence-electron chi connectivity index (χ2n) is 4.21. The number of aromatic nitrogens is 1. The SMILES string of the molecule is Cc1cccc(S(=O)(=O)Cc2ccncc2Cl)c1N. The van der Waals surface area contributed by atoms with Gasteiger partial charge in [-0.2, -0.15) is 0 Å². The zero-order valence-corrected chi connectivity index (χ0v) is 11.9. The third kappa shape index (κ3) is 2.88. The summed E-state index contributed by atoms with van der Waals surface area (Å²) in [5.41, 5.74) is 7.37. The van der Waals surface area contributed by atoms with Crippen molar-refractivity contribution in [2.45, 2.75) is 17.6 Å². The van der Waals surface area contributed by atoms with Gasteiger partial charge in [0.05, 0.1) is 21.4 Å². The molecule has 0 unspecified atom stereocenters. The number of hydrogen-bond donors (Lipinski definition) is 1. The van der Waals surface area contributed by atoms with E-state index in [0.29, 0.717) is 10.6 Å². The number of benzene rings is 1. The molecule has 0 amide bonds. The molecule has 1 aromatic carbocycles. The number of anilines is 1. The van der Waals surface area contributed by atoms with E-state index in [2.05, 4.69) is 4.98 Å². The van der Waals surface area contributed by atoms with Gasteiger partial charge in [0.15, 0.2) is 9.84 Å². The smallest absolute Gasteiger partial charge is 0.184 e. The first-order chi connectivity index (χ1) is 8.92. The summed E-state index contributed by atoms with van der Waals surface area (Å²) in [5, 5.41) is 0.331. The van der Waals surface area contributed by atoms with Crippen molar-refractivity contribution >= 4 is 27.1 Å². The Morgan fingerprint density at radius 3 is 2.74 bits per heavy atom. The maximum absolute atomic E-state index is 12.4. The molecule has 0 saturated heterocycles. The first-order valence-corrected chi connectivity index (χ1v) is 7.61. The molecule has 0 aliphatic rings. The first kappa shape index (κ1) is 13.8. The second-order valence-corrected chi connectivity index (χ2v) is 6.58. The van der Waals surface area contributed by atoms with Gasteiger partial charge in [0.1, 0.15) is 0 Å². The fourth-order valence-electron chi connectivity index (χ4n) is 1.73. The molecule has 19 heavy (non-hydrogen) atoms. The molecule has 0 radical (unpaired) electrons. The largest absolute Gasteiger partial charge is 0.397 e. The molecule has 0 aliphatic carbocycles. The summed E-state index contributed by atoms with van der Waals surface area (Å²) in [6.07, 6.45) is 2.93. The fourth-order valence-corrected chi connectivity index (χ4v) is 3.59. The minimum Gasteiger partial charge on any atom is -0.397 e. The molecule has 0 fully saturated rings. The molecule has 2 rings (SSSR count). The van der Waals surface area contributed by atoms with Crippen molar-refractivity contribution in [3.8, 4) is 0 Å². The zero-order valence-electron chi connectivity index (χ0n) is 10.3. The summed E-state index contributed by atoms with van der Waals surface area (Å²) in [7, 11) is -3.53. The average Bonchev–Trinajstić information content (AvgIpc) is 2.35. The van der Waals surface area contributed by atoms with Crippen LogP contribution < -0.4 is 5.73 Å². The van der Waals surface area contributed by atoms with Crippen molar-refractivity contribution in [3.63, 3.8) is 0 Å². The van der Waals surface area contributed by atoms with Crippen LogP contribution in [0.1, 0.15) is 11.1 Å². The van der Waals surface area contributed by atoms with E-state index >= 15 is 0 Å². The number of nitrogens with two attached hydrogens (primary N) is 1. The van der Waals surface area contributed by atoms with Crippen LogP contribution in [0.25, 0.3) is 0 Å². The number of nitrogen functional groups attached to an aromatic ring is 1. The van der Waals surface area contributed by atoms with Gasteiger partial charge >= 0.3 is 0 Å². The van der Waals surface area contributed by atoms with E-state index in [0.717, 1.165) is 5.56 Å². The number of aryl methyl sites for hydroxylation is 1. The Balaban J connectivity index is 2.44. The van der Waals surface area contributed by atoms with Crippen molar-refractivity contribution in [1.82, 2.24) is 4.98 Å². The molecule has 100 valence electrons. The number of para-hydroxylation sites is 1. The lowest BCUT2D eigenvalue weighted by molar-refractivity contribution is 0.595. The highest BCUT2D eigenvalue weighted by Gasteiger charge is 2.20. The predicted octanol–water partition coefficient (Wildman–Crippen LogP) is 2.60. The predicted molar refractivity (Wildman–Crippen MR) is 75.7 cm³/mol. The van der Waals surface area contributed by atoms with E-state index in [1.54, 1.807) is 25.1 Å². The van der Waals surface area contributed by atoms with Crippen LogP contribution in [0.15, 0.2) is 41.6 Å².